The third-order valence-corrected chi connectivity index (χ3v) is 0. The van der Waals surface area contributed by atoms with Crippen molar-refractivity contribution in [3.63, 3.8) is 0 Å². The van der Waals surface area contributed by atoms with E-state index in [1.54, 1.807) is 0 Å². The van der Waals surface area contributed by atoms with Crippen LogP contribution in [0.3, 0.4) is 0 Å². The van der Waals surface area contributed by atoms with E-state index in [2.05, 4.69) is 0 Å². The summed E-state index contributed by atoms with van der Waals surface area (Å²) in [5.41, 5.74) is 0. The van der Waals surface area contributed by atoms with Gasteiger partial charge in [-0.15, -0.1) is 22.5 Å². The quantitative estimate of drug-likeness (QED) is 0.367. The van der Waals surface area contributed by atoms with Gasteiger partial charge < -0.3 is 5.21 Å². The zero-order valence-electron chi connectivity index (χ0n) is 2.53. The topological polar surface area (TPSA) is 63.4 Å². The second kappa shape index (κ2) is 8.83. The molecule has 0 fully saturated rings. The highest BCUT2D eigenvalue weighted by molar-refractivity contribution is 5.85. The Morgan fingerprint density at radius 1 is 1.67 bits per heavy atom. The Hall–Kier alpha value is -0.580. The average molecular weight is 119 g/mol. The molecule has 0 aliphatic rings. The molecule has 0 aromatic heterocycles. The van der Waals surface area contributed by atoms with Gasteiger partial charge in [-0.05, 0) is 0 Å². The van der Waals surface area contributed by atoms with E-state index in [-0.39, 0.29) is 17.1 Å². The molecule has 40 valence electrons. The van der Waals surface area contributed by atoms with Crippen molar-refractivity contribution in [2.75, 3.05) is 0 Å². The molecule has 0 aromatic rings. The molecule has 0 aliphatic carbocycles. The van der Waals surface area contributed by atoms with Crippen molar-refractivity contribution >= 4 is 12.4 Å². The van der Waals surface area contributed by atoms with Crippen LogP contribution >= 0.6 is 12.4 Å². The van der Waals surface area contributed by atoms with E-state index in [1.165, 1.54) is 0 Å². The van der Waals surface area contributed by atoms with Crippen molar-refractivity contribution in [1.29, 1.82) is 0 Å². The van der Waals surface area contributed by atoms with E-state index in [0.717, 1.165) is 0 Å². The first kappa shape index (κ1) is 18.1. The number of hydrogen-bond donors (Lipinski definition) is 1. The molecule has 0 radical (unpaired) electrons. The van der Waals surface area contributed by atoms with Gasteiger partial charge in [-0.3, -0.25) is 4.70 Å². The molecule has 0 spiro atoms. The molecule has 1 N–H and O–H groups in total. The van der Waals surface area contributed by atoms with Crippen LogP contribution in [0.15, 0.2) is 0 Å². The molecular weight excluding hydrogens is 116 g/mol. The summed E-state index contributed by atoms with van der Waals surface area (Å²) in [6.45, 7) is 0. The second-order valence-corrected chi connectivity index (χ2v) is 0.238. The van der Waals surface area contributed by atoms with Gasteiger partial charge in [0.2, 0.25) is 0 Å². The summed E-state index contributed by atoms with van der Waals surface area (Å²) in [6, 6.07) is 0. The van der Waals surface area contributed by atoms with Crippen molar-refractivity contribution in [2.45, 2.75) is 0 Å². The normalized spacial score (nSPS) is 4.00. The summed E-state index contributed by atoms with van der Waals surface area (Å²) in [5, 5.41) is 13.6. The molecule has 6 heteroatoms. The molecule has 0 rings (SSSR count). The van der Waals surface area contributed by atoms with Crippen LogP contribution in [-0.4, -0.2) is 10.3 Å². The van der Waals surface area contributed by atoms with Gasteiger partial charge in [-0.1, -0.05) is 0 Å². The Bertz CT molecular complexity index is 33.8. The Morgan fingerprint density at radius 2 is 1.67 bits per heavy atom. The molecule has 0 unspecified atom stereocenters. The first-order valence-electron chi connectivity index (χ1n) is 0.565. The number of halogens is 2. The first-order chi connectivity index (χ1) is 1.73. The largest absolute Gasteiger partial charge is 0.328 e. The zero-order valence-corrected chi connectivity index (χ0v) is 3.34. The fourth-order valence-corrected chi connectivity index (χ4v) is 0. The Kier molecular flexibility index (Phi) is 26.6. The lowest BCUT2D eigenvalue weighted by molar-refractivity contribution is -0.742. The minimum absolute atomic E-state index is 0. The van der Waals surface area contributed by atoms with Gasteiger partial charge in [0.05, 0.1) is 0 Å². The third-order valence-electron chi connectivity index (χ3n) is 0. The van der Waals surface area contributed by atoms with Crippen LogP contribution in [0.2, 0.25) is 0 Å². The van der Waals surface area contributed by atoms with Gasteiger partial charge in [0.25, 0.3) is 5.09 Å². The highest BCUT2D eigenvalue weighted by Gasteiger charge is 1.65. The second-order valence-electron chi connectivity index (χ2n) is 0.238. The maximum absolute atomic E-state index is 8.36. The van der Waals surface area contributed by atoms with Crippen molar-refractivity contribution in [1.82, 2.24) is 0 Å². The van der Waals surface area contributed by atoms with Crippen LogP contribution in [0.1, 0.15) is 0 Å². The van der Waals surface area contributed by atoms with E-state index < -0.39 is 5.09 Å². The SMILES string of the molecule is Cl.F.O=[N+]([O-])O. The highest BCUT2D eigenvalue weighted by Crippen LogP contribution is 1.38. The van der Waals surface area contributed by atoms with Crippen LogP contribution in [0.4, 0.5) is 4.70 Å². The summed E-state index contributed by atoms with van der Waals surface area (Å²) >= 11 is 0. The zero-order chi connectivity index (χ0) is 3.58. The van der Waals surface area contributed by atoms with Gasteiger partial charge in [0, 0.05) is 0 Å². The molecule has 4 nitrogen and oxygen atoms in total. The Labute approximate surface area is 38.7 Å². The van der Waals surface area contributed by atoms with E-state index in [9.17, 15) is 0 Å². The lowest BCUT2D eigenvalue weighted by atomic mass is 13.1. The van der Waals surface area contributed by atoms with Gasteiger partial charge in [0.1, 0.15) is 0 Å². The lowest BCUT2D eigenvalue weighted by Crippen LogP contribution is -1.81. The standard InChI is InChI=1S/ClH.FH.HNO3/c;;2-1(3)4/h2*1H;(H,2,3,4). The molecule has 0 aromatic carbocycles. The van der Waals surface area contributed by atoms with Crippen LogP contribution < -0.4 is 0 Å². The Balaban J connectivity index is -0.0000000450. The molecule has 6 heavy (non-hydrogen) atoms. The maximum atomic E-state index is 8.36. The summed E-state index contributed by atoms with van der Waals surface area (Å²) in [6.07, 6.45) is 0. The molecule has 0 aliphatic heterocycles. The van der Waals surface area contributed by atoms with E-state index in [0.29, 0.717) is 0 Å². The van der Waals surface area contributed by atoms with Crippen molar-refractivity contribution < 1.29 is 15.0 Å². The van der Waals surface area contributed by atoms with Crippen LogP contribution in [0, 0.1) is 10.1 Å². The van der Waals surface area contributed by atoms with E-state index in [4.69, 9.17) is 15.3 Å². The minimum atomic E-state index is -1.50. The van der Waals surface area contributed by atoms with E-state index in [1.807, 2.05) is 0 Å². The molecular formula is H3ClFNO3. The lowest BCUT2D eigenvalue weighted by Gasteiger charge is -1.56. The van der Waals surface area contributed by atoms with E-state index >= 15 is 0 Å². The van der Waals surface area contributed by atoms with Crippen LogP contribution in [0.5, 0.6) is 0 Å². The fraction of sp³-hybridized carbons (Fsp3) is 0. The maximum Gasteiger partial charge on any atom is 0.291 e. The average Bonchev–Trinajstić information content (AvgIpc) is 0.811. The molecule has 0 amide bonds. The third kappa shape index (κ3) is 59.5. The summed E-state index contributed by atoms with van der Waals surface area (Å²) in [5.74, 6) is 0. The number of rotatable bonds is 0. The van der Waals surface area contributed by atoms with Gasteiger partial charge in [-0.25, -0.2) is 0 Å². The summed E-state index contributed by atoms with van der Waals surface area (Å²) in [7, 11) is 0. The number of hydrogen-bond acceptors (Lipinski definition) is 2. The van der Waals surface area contributed by atoms with Crippen LogP contribution in [0.25, 0.3) is 0 Å². The predicted molar refractivity (Wildman–Crippen MR) is 18.5 cm³/mol. The minimum Gasteiger partial charge on any atom is -0.328 e. The first-order valence-corrected chi connectivity index (χ1v) is 0.565. The monoisotopic (exact) mass is 119 g/mol. The van der Waals surface area contributed by atoms with Crippen molar-refractivity contribution in [3.05, 3.63) is 10.1 Å². The van der Waals surface area contributed by atoms with Crippen LogP contribution in [-0.2, 0) is 0 Å². The summed E-state index contributed by atoms with van der Waals surface area (Å²) < 4.78 is 0. The molecule has 0 saturated carbocycles. The molecule has 0 bridgehead atoms. The molecule has 0 heterocycles. The summed E-state index contributed by atoms with van der Waals surface area (Å²) in [4.78, 5) is 8.36. The fourth-order valence-electron chi connectivity index (χ4n) is 0. The van der Waals surface area contributed by atoms with Crippen molar-refractivity contribution in [2.24, 2.45) is 0 Å². The van der Waals surface area contributed by atoms with Gasteiger partial charge in [0.15, 0.2) is 0 Å². The predicted octanol–water partition coefficient (Wildman–Crippen LogP) is 0.227. The van der Waals surface area contributed by atoms with Gasteiger partial charge >= 0.3 is 0 Å². The van der Waals surface area contributed by atoms with Gasteiger partial charge in [-0.2, -0.15) is 0 Å². The highest BCUT2D eigenvalue weighted by atomic mass is 35.5. The molecule has 0 saturated heterocycles. The molecule has 0 atom stereocenters. The Morgan fingerprint density at radius 3 is 1.67 bits per heavy atom. The number of nitrogens with zero attached hydrogens (tertiary/aromatic N) is 1. The smallest absolute Gasteiger partial charge is 0.291 e. The van der Waals surface area contributed by atoms with Crippen molar-refractivity contribution in [3.8, 4) is 0 Å².